The van der Waals surface area contributed by atoms with Gasteiger partial charge in [-0.3, -0.25) is 0 Å². The number of benzene rings is 1. The van der Waals surface area contributed by atoms with E-state index in [0.29, 0.717) is 21.5 Å². The summed E-state index contributed by atoms with van der Waals surface area (Å²) in [6, 6.07) is 5.33. The number of rotatable bonds is 1. The lowest BCUT2D eigenvalue weighted by molar-refractivity contribution is 0.252. The van der Waals surface area contributed by atoms with Crippen molar-refractivity contribution in [2.75, 3.05) is 11.1 Å². The van der Waals surface area contributed by atoms with Crippen LogP contribution in [0.5, 0.6) is 0 Å². The summed E-state index contributed by atoms with van der Waals surface area (Å²) in [4.78, 5) is 26.3. The van der Waals surface area contributed by atoms with E-state index in [-0.39, 0.29) is 0 Å². The standard InChI is InChI=1S/C11H8ClFN4O2/c12-6-1-3-7(4-2-6)15-10(18)17-5-8(13)9(14)16-11(17)19/h1-5H,(H,15,18)(H2,14,16,19). The summed E-state index contributed by atoms with van der Waals surface area (Å²) in [5, 5.41) is 2.89. The lowest BCUT2D eigenvalue weighted by Crippen LogP contribution is -2.33. The molecule has 1 aromatic carbocycles. The minimum Gasteiger partial charge on any atom is -0.381 e. The average molecular weight is 283 g/mol. The topological polar surface area (TPSA) is 90.0 Å². The third kappa shape index (κ3) is 2.89. The number of nitrogen functional groups attached to an aromatic ring is 1. The summed E-state index contributed by atoms with van der Waals surface area (Å²) < 4.78 is 13.7. The number of nitrogens with zero attached hydrogens (tertiary/aromatic N) is 2. The van der Waals surface area contributed by atoms with Crippen molar-refractivity contribution in [1.29, 1.82) is 0 Å². The van der Waals surface area contributed by atoms with Crippen molar-refractivity contribution in [3.8, 4) is 0 Å². The Morgan fingerprint density at radius 3 is 2.63 bits per heavy atom. The van der Waals surface area contributed by atoms with Crippen molar-refractivity contribution >= 4 is 29.1 Å². The van der Waals surface area contributed by atoms with E-state index in [1.807, 2.05) is 0 Å². The van der Waals surface area contributed by atoms with Crippen LogP contribution in [-0.2, 0) is 0 Å². The molecule has 0 fully saturated rings. The third-order valence-electron chi connectivity index (χ3n) is 2.22. The lowest BCUT2D eigenvalue weighted by atomic mass is 10.3. The molecule has 0 unspecified atom stereocenters. The fraction of sp³-hybridized carbons (Fsp3) is 0. The maximum atomic E-state index is 13.2. The Morgan fingerprint density at radius 1 is 1.37 bits per heavy atom. The van der Waals surface area contributed by atoms with Crippen LogP contribution in [0.2, 0.25) is 5.02 Å². The zero-order valence-electron chi connectivity index (χ0n) is 9.43. The first kappa shape index (κ1) is 13.0. The number of carbonyl (C=O) groups excluding carboxylic acids is 1. The van der Waals surface area contributed by atoms with Gasteiger partial charge in [-0.05, 0) is 24.3 Å². The molecule has 2 aromatic rings. The Balaban J connectivity index is 2.28. The van der Waals surface area contributed by atoms with Crippen LogP contribution in [0.4, 0.5) is 20.7 Å². The van der Waals surface area contributed by atoms with Crippen LogP contribution in [0.3, 0.4) is 0 Å². The molecule has 19 heavy (non-hydrogen) atoms. The predicted molar refractivity (Wildman–Crippen MR) is 68.7 cm³/mol. The average Bonchev–Trinajstić information content (AvgIpc) is 2.36. The Morgan fingerprint density at radius 2 is 2.00 bits per heavy atom. The predicted octanol–water partition coefficient (Wildman–Crippen LogP) is 1.70. The van der Waals surface area contributed by atoms with Gasteiger partial charge < -0.3 is 11.1 Å². The summed E-state index contributed by atoms with van der Waals surface area (Å²) in [5.41, 5.74) is 4.55. The summed E-state index contributed by atoms with van der Waals surface area (Å²) in [6.07, 6.45) is 0.677. The van der Waals surface area contributed by atoms with E-state index in [1.165, 1.54) is 12.1 Å². The van der Waals surface area contributed by atoms with Crippen molar-refractivity contribution in [3.63, 3.8) is 0 Å². The quantitative estimate of drug-likeness (QED) is 0.833. The number of carbonyl (C=O) groups is 1. The molecule has 0 aliphatic rings. The van der Waals surface area contributed by atoms with E-state index in [9.17, 15) is 14.0 Å². The first-order valence-corrected chi connectivity index (χ1v) is 5.47. The summed E-state index contributed by atoms with van der Waals surface area (Å²) in [7, 11) is 0. The highest BCUT2D eigenvalue weighted by molar-refractivity contribution is 6.30. The van der Waals surface area contributed by atoms with E-state index in [0.717, 1.165) is 0 Å². The Kier molecular flexibility index (Phi) is 3.48. The SMILES string of the molecule is Nc1nc(=O)n(C(=O)Nc2ccc(Cl)cc2)cc1F. The largest absolute Gasteiger partial charge is 0.381 e. The molecule has 98 valence electrons. The molecule has 0 aliphatic carbocycles. The van der Waals surface area contributed by atoms with Gasteiger partial charge in [0.1, 0.15) is 0 Å². The van der Waals surface area contributed by atoms with Crippen molar-refractivity contribution in [2.24, 2.45) is 0 Å². The van der Waals surface area contributed by atoms with E-state index in [4.69, 9.17) is 17.3 Å². The summed E-state index contributed by atoms with van der Waals surface area (Å²) in [6.45, 7) is 0. The van der Waals surface area contributed by atoms with Crippen molar-refractivity contribution in [3.05, 3.63) is 51.8 Å². The molecule has 0 saturated heterocycles. The molecule has 2 rings (SSSR count). The third-order valence-corrected chi connectivity index (χ3v) is 2.48. The fourth-order valence-corrected chi connectivity index (χ4v) is 1.43. The minimum absolute atomic E-state index is 0.401. The van der Waals surface area contributed by atoms with Crippen molar-refractivity contribution in [2.45, 2.75) is 0 Å². The molecule has 0 atom stereocenters. The number of hydrogen-bond acceptors (Lipinski definition) is 4. The Bertz CT molecular complexity index is 684. The maximum absolute atomic E-state index is 13.2. The van der Waals surface area contributed by atoms with E-state index < -0.39 is 23.4 Å². The number of aromatic nitrogens is 2. The fourth-order valence-electron chi connectivity index (χ4n) is 1.31. The van der Waals surface area contributed by atoms with E-state index in [2.05, 4.69) is 10.3 Å². The van der Waals surface area contributed by atoms with Gasteiger partial charge in [-0.2, -0.15) is 4.98 Å². The van der Waals surface area contributed by atoms with Crippen LogP contribution >= 0.6 is 11.6 Å². The van der Waals surface area contributed by atoms with Crippen LogP contribution in [0.1, 0.15) is 0 Å². The molecule has 6 nitrogen and oxygen atoms in total. The van der Waals surface area contributed by atoms with Gasteiger partial charge in [-0.25, -0.2) is 18.5 Å². The zero-order chi connectivity index (χ0) is 14.0. The first-order valence-electron chi connectivity index (χ1n) is 5.09. The molecular formula is C11H8ClFN4O2. The van der Waals surface area contributed by atoms with Crippen LogP contribution in [0.15, 0.2) is 35.3 Å². The molecule has 0 bridgehead atoms. The molecule has 1 heterocycles. The highest BCUT2D eigenvalue weighted by Crippen LogP contribution is 2.13. The second-order valence-corrected chi connectivity index (χ2v) is 4.00. The van der Waals surface area contributed by atoms with Gasteiger partial charge in [-0.15, -0.1) is 0 Å². The van der Waals surface area contributed by atoms with Crippen LogP contribution < -0.4 is 16.7 Å². The van der Waals surface area contributed by atoms with E-state index >= 15 is 0 Å². The molecule has 1 aromatic heterocycles. The van der Waals surface area contributed by atoms with Gasteiger partial charge in [0.2, 0.25) is 0 Å². The van der Waals surface area contributed by atoms with Gasteiger partial charge in [0.05, 0.1) is 6.20 Å². The van der Waals surface area contributed by atoms with Gasteiger partial charge in [0.25, 0.3) is 0 Å². The first-order chi connectivity index (χ1) is 8.97. The molecule has 1 amide bonds. The number of nitrogens with two attached hydrogens (primary N) is 1. The van der Waals surface area contributed by atoms with Gasteiger partial charge in [0, 0.05) is 10.7 Å². The molecule has 0 spiro atoms. The van der Waals surface area contributed by atoms with Crippen LogP contribution in [-0.4, -0.2) is 15.6 Å². The van der Waals surface area contributed by atoms with Crippen molar-refractivity contribution < 1.29 is 9.18 Å². The number of amides is 1. The number of nitrogens with one attached hydrogen (secondary N) is 1. The van der Waals surface area contributed by atoms with E-state index in [1.54, 1.807) is 12.1 Å². The molecule has 0 radical (unpaired) electrons. The minimum atomic E-state index is -0.967. The normalized spacial score (nSPS) is 10.2. The highest BCUT2D eigenvalue weighted by atomic mass is 35.5. The Labute approximate surface area is 111 Å². The monoisotopic (exact) mass is 282 g/mol. The molecule has 0 aliphatic heterocycles. The number of halogens is 2. The molecular weight excluding hydrogens is 275 g/mol. The van der Waals surface area contributed by atoms with Gasteiger partial charge in [-0.1, -0.05) is 11.6 Å². The summed E-state index contributed by atoms with van der Waals surface area (Å²) >= 11 is 5.69. The smallest absolute Gasteiger partial charge is 0.357 e. The molecule has 0 saturated carbocycles. The Hall–Kier alpha value is -2.41. The van der Waals surface area contributed by atoms with Crippen LogP contribution in [0, 0.1) is 5.82 Å². The van der Waals surface area contributed by atoms with Gasteiger partial charge >= 0.3 is 11.7 Å². The zero-order valence-corrected chi connectivity index (χ0v) is 10.2. The molecule has 8 heteroatoms. The second-order valence-electron chi connectivity index (χ2n) is 3.56. The maximum Gasteiger partial charge on any atom is 0.357 e. The van der Waals surface area contributed by atoms with Gasteiger partial charge in [0.15, 0.2) is 11.6 Å². The number of anilines is 2. The molecule has 3 N–H and O–H groups in total. The summed E-state index contributed by atoms with van der Waals surface area (Å²) in [5.74, 6) is -1.51. The van der Waals surface area contributed by atoms with Crippen molar-refractivity contribution in [1.82, 2.24) is 9.55 Å². The van der Waals surface area contributed by atoms with Crippen LogP contribution in [0.25, 0.3) is 0 Å². The number of hydrogen-bond donors (Lipinski definition) is 2. The highest BCUT2D eigenvalue weighted by Gasteiger charge is 2.11. The second kappa shape index (κ2) is 5.07. The lowest BCUT2D eigenvalue weighted by Gasteiger charge is -2.07.